The summed E-state index contributed by atoms with van der Waals surface area (Å²) >= 11 is 0. The highest BCUT2D eigenvalue weighted by Gasteiger charge is 2.44. The highest BCUT2D eigenvalue weighted by Crippen LogP contribution is 2.40. The fraction of sp³-hybridized carbons (Fsp3) is 1.00. The molecule has 2 rings (SSSR count). The predicted molar refractivity (Wildman–Crippen MR) is 74.9 cm³/mol. The molecule has 1 saturated heterocycles. The van der Waals surface area contributed by atoms with Gasteiger partial charge in [0, 0.05) is 12.0 Å². The molecular formula is C15H30N2O. The lowest BCUT2D eigenvalue weighted by Crippen LogP contribution is -2.50. The molecule has 0 aromatic rings. The van der Waals surface area contributed by atoms with Gasteiger partial charge in [-0.15, -0.1) is 0 Å². The van der Waals surface area contributed by atoms with Crippen LogP contribution in [-0.2, 0) is 4.74 Å². The molecule has 0 aromatic carbocycles. The van der Waals surface area contributed by atoms with Gasteiger partial charge in [0.25, 0.3) is 0 Å². The van der Waals surface area contributed by atoms with Crippen molar-refractivity contribution >= 4 is 0 Å². The lowest BCUT2D eigenvalue weighted by Gasteiger charge is -2.38. The van der Waals surface area contributed by atoms with Gasteiger partial charge in [0.15, 0.2) is 0 Å². The molecule has 0 spiro atoms. The molecule has 1 saturated carbocycles. The molecule has 1 aliphatic carbocycles. The molecule has 2 fully saturated rings. The Bertz CT molecular complexity index is 271. The maximum absolute atomic E-state index is 5.99. The van der Waals surface area contributed by atoms with E-state index in [-0.39, 0.29) is 0 Å². The zero-order valence-electron chi connectivity index (χ0n) is 12.4. The number of nitrogens with one attached hydrogen (secondary N) is 1. The Morgan fingerprint density at radius 1 is 1.11 bits per heavy atom. The molecule has 7 unspecified atom stereocenters. The second kappa shape index (κ2) is 5.89. The van der Waals surface area contributed by atoms with Gasteiger partial charge in [-0.3, -0.25) is 11.3 Å². The average molecular weight is 254 g/mol. The SMILES string of the molecule is CC1CCCC(C(NN)C2C(C)OC(C)C2C)C1. The van der Waals surface area contributed by atoms with Crippen LogP contribution in [0.3, 0.4) is 0 Å². The third-order valence-corrected chi connectivity index (χ3v) is 5.41. The van der Waals surface area contributed by atoms with Gasteiger partial charge in [-0.05, 0) is 44.4 Å². The molecule has 18 heavy (non-hydrogen) atoms. The number of ether oxygens (including phenoxy) is 1. The summed E-state index contributed by atoms with van der Waals surface area (Å²) in [5.41, 5.74) is 3.14. The van der Waals surface area contributed by atoms with E-state index in [0.29, 0.717) is 30.1 Å². The van der Waals surface area contributed by atoms with Gasteiger partial charge in [0.05, 0.1) is 12.2 Å². The van der Waals surface area contributed by atoms with E-state index < -0.39 is 0 Å². The lowest BCUT2D eigenvalue weighted by atomic mass is 9.71. The minimum absolute atomic E-state index is 0.327. The summed E-state index contributed by atoms with van der Waals surface area (Å²) in [6.07, 6.45) is 6.07. The van der Waals surface area contributed by atoms with E-state index in [1.54, 1.807) is 0 Å². The number of hydrogen-bond donors (Lipinski definition) is 2. The Morgan fingerprint density at radius 3 is 2.33 bits per heavy atom. The Morgan fingerprint density at radius 2 is 1.83 bits per heavy atom. The molecule has 1 heterocycles. The normalized spacial score (nSPS) is 47.2. The van der Waals surface area contributed by atoms with Crippen LogP contribution in [0.1, 0.15) is 53.4 Å². The van der Waals surface area contributed by atoms with Crippen molar-refractivity contribution in [2.24, 2.45) is 29.5 Å². The highest BCUT2D eigenvalue weighted by molar-refractivity contribution is 4.95. The standard InChI is InChI=1S/C15H30N2O/c1-9-6-5-7-13(8-9)15(17-16)14-10(2)11(3)18-12(14)4/h9-15,17H,5-8,16H2,1-4H3. The second-order valence-corrected chi connectivity index (χ2v) is 6.71. The summed E-state index contributed by atoms with van der Waals surface area (Å²) in [5.74, 6) is 8.62. The molecule has 2 aliphatic rings. The molecule has 106 valence electrons. The van der Waals surface area contributed by atoms with E-state index in [0.717, 1.165) is 11.8 Å². The van der Waals surface area contributed by atoms with Crippen molar-refractivity contribution in [3.05, 3.63) is 0 Å². The first-order valence-corrected chi connectivity index (χ1v) is 7.66. The zero-order valence-corrected chi connectivity index (χ0v) is 12.4. The van der Waals surface area contributed by atoms with Crippen molar-refractivity contribution in [1.29, 1.82) is 0 Å². The zero-order chi connectivity index (χ0) is 13.3. The van der Waals surface area contributed by atoms with Gasteiger partial charge in [0.2, 0.25) is 0 Å². The number of rotatable bonds is 3. The molecule has 0 amide bonds. The van der Waals surface area contributed by atoms with Gasteiger partial charge in [0.1, 0.15) is 0 Å². The summed E-state index contributed by atoms with van der Waals surface area (Å²) in [6, 6.07) is 0.419. The summed E-state index contributed by atoms with van der Waals surface area (Å²) in [6.45, 7) is 9.09. The van der Waals surface area contributed by atoms with Crippen molar-refractivity contribution in [3.63, 3.8) is 0 Å². The maximum atomic E-state index is 5.99. The van der Waals surface area contributed by atoms with Crippen LogP contribution in [0.5, 0.6) is 0 Å². The molecule has 1 aliphatic heterocycles. The topological polar surface area (TPSA) is 47.3 Å². The number of nitrogens with two attached hydrogens (primary N) is 1. The van der Waals surface area contributed by atoms with E-state index in [4.69, 9.17) is 10.6 Å². The smallest absolute Gasteiger partial charge is 0.0597 e. The van der Waals surface area contributed by atoms with E-state index in [9.17, 15) is 0 Å². The second-order valence-electron chi connectivity index (χ2n) is 6.71. The molecule has 0 bridgehead atoms. The summed E-state index contributed by atoms with van der Waals surface area (Å²) in [5, 5.41) is 0. The van der Waals surface area contributed by atoms with E-state index in [1.165, 1.54) is 25.7 Å². The van der Waals surface area contributed by atoms with Crippen molar-refractivity contribution in [3.8, 4) is 0 Å². The van der Waals surface area contributed by atoms with Gasteiger partial charge in [-0.25, -0.2) is 0 Å². The monoisotopic (exact) mass is 254 g/mol. The van der Waals surface area contributed by atoms with Crippen LogP contribution in [0.2, 0.25) is 0 Å². The van der Waals surface area contributed by atoms with Crippen molar-refractivity contribution in [2.45, 2.75) is 71.6 Å². The Hall–Kier alpha value is -0.120. The van der Waals surface area contributed by atoms with Crippen LogP contribution in [0.25, 0.3) is 0 Å². The Labute approximate surface area is 112 Å². The minimum Gasteiger partial charge on any atom is -0.375 e. The molecule has 0 radical (unpaired) electrons. The largest absolute Gasteiger partial charge is 0.375 e. The van der Waals surface area contributed by atoms with E-state index >= 15 is 0 Å². The van der Waals surface area contributed by atoms with Crippen molar-refractivity contribution in [2.75, 3.05) is 0 Å². The first-order chi connectivity index (χ1) is 8.54. The maximum Gasteiger partial charge on any atom is 0.0597 e. The van der Waals surface area contributed by atoms with Crippen LogP contribution in [0, 0.1) is 23.7 Å². The lowest BCUT2D eigenvalue weighted by molar-refractivity contribution is 0.0416. The van der Waals surface area contributed by atoms with Crippen LogP contribution in [0.15, 0.2) is 0 Å². The summed E-state index contributed by atoms with van der Waals surface area (Å²) < 4.78 is 5.99. The average Bonchev–Trinajstić information content (AvgIpc) is 2.57. The highest BCUT2D eigenvalue weighted by atomic mass is 16.5. The quantitative estimate of drug-likeness (QED) is 0.601. The first-order valence-electron chi connectivity index (χ1n) is 7.66. The summed E-state index contributed by atoms with van der Waals surface area (Å²) in [4.78, 5) is 0. The van der Waals surface area contributed by atoms with Crippen LogP contribution < -0.4 is 11.3 Å². The third-order valence-electron chi connectivity index (χ3n) is 5.41. The van der Waals surface area contributed by atoms with Crippen molar-refractivity contribution in [1.82, 2.24) is 5.43 Å². The molecule has 3 nitrogen and oxygen atoms in total. The van der Waals surface area contributed by atoms with Crippen molar-refractivity contribution < 1.29 is 4.74 Å². The third kappa shape index (κ3) is 2.73. The molecule has 3 N–H and O–H groups in total. The van der Waals surface area contributed by atoms with Crippen LogP contribution in [-0.4, -0.2) is 18.2 Å². The molecular weight excluding hydrogens is 224 g/mol. The van der Waals surface area contributed by atoms with Crippen LogP contribution in [0.4, 0.5) is 0 Å². The van der Waals surface area contributed by atoms with Gasteiger partial charge < -0.3 is 4.74 Å². The molecule has 3 heteroatoms. The molecule has 7 atom stereocenters. The first kappa shape index (κ1) is 14.3. The van der Waals surface area contributed by atoms with Crippen LogP contribution >= 0.6 is 0 Å². The Balaban J connectivity index is 2.07. The fourth-order valence-corrected chi connectivity index (χ4v) is 4.28. The van der Waals surface area contributed by atoms with E-state index in [1.807, 2.05) is 0 Å². The number of hydrogen-bond acceptors (Lipinski definition) is 3. The van der Waals surface area contributed by atoms with Gasteiger partial charge in [-0.1, -0.05) is 26.7 Å². The number of hydrazine groups is 1. The minimum atomic E-state index is 0.327. The fourth-order valence-electron chi connectivity index (χ4n) is 4.28. The molecule has 0 aromatic heterocycles. The summed E-state index contributed by atoms with van der Waals surface area (Å²) in [7, 11) is 0. The van der Waals surface area contributed by atoms with Gasteiger partial charge >= 0.3 is 0 Å². The predicted octanol–water partition coefficient (Wildman–Crippen LogP) is 2.70. The van der Waals surface area contributed by atoms with Gasteiger partial charge in [-0.2, -0.15) is 0 Å². The van der Waals surface area contributed by atoms with E-state index in [2.05, 4.69) is 33.1 Å². The Kier molecular flexibility index (Phi) is 4.68.